The lowest BCUT2D eigenvalue weighted by Crippen LogP contribution is -2.49. The maximum atomic E-state index is 12.7. The van der Waals surface area contributed by atoms with E-state index in [1.807, 2.05) is 43.6 Å². The van der Waals surface area contributed by atoms with Gasteiger partial charge >= 0.3 is 0 Å². The highest BCUT2D eigenvalue weighted by Gasteiger charge is 2.29. The van der Waals surface area contributed by atoms with Crippen molar-refractivity contribution < 1.29 is 9.53 Å². The van der Waals surface area contributed by atoms with Crippen LogP contribution >= 0.6 is 0 Å². The first-order chi connectivity index (χ1) is 11.7. The molecule has 0 fully saturated rings. The molecular formula is C18H22N4O2. The van der Waals surface area contributed by atoms with Gasteiger partial charge in [0.15, 0.2) is 0 Å². The topological polar surface area (TPSA) is 59.4 Å². The number of ether oxygens (including phenoxy) is 1. The maximum Gasteiger partial charge on any atom is 0.237 e. The van der Waals surface area contributed by atoms with Gasteiger partial charge in [0, 0.05) is 37.5 Å². The van der Waals surface area contributed by atoms with E-state index in [4.69, 9.17) is 4.74 Å². The number of benzene rings is 1. The molecule has 2 aliphatic heterocycles. The predicted molar refractivity (Wildman–Crippen MR) is 89.5 cm³/mol. The quantitative estimate of drug-likeness (QED) is 0.933. The summed E-state index contributed by atoms with van der Waals surface area (Å²) in [6.07, 6.45) is 4.62. The summed E-state index contributed by atoms with van der Waals surface area (Å²) >= 11 is 0. The zero-order valence-electron chi connectivity index (χ0n) is 13.8. The molecule has 0 saturated carbocycles. The first kappa shape index (κ1) is 15.2. The van der Waals surface area contributed by atoms with Crippen LogP contribution in [0.3, 0.4) is 0 Å². The number of fused-ring (bicyclic) bond motifs is 2. The number of nitrogens with zero attached hydrogens (tertiary/aromatic N) is 3. The van der Waals surface area contributed by atoms with Crippen LogP contribution in [0.25, 0.3) is 0 Å². The van der Waals surface area contributed by atoms with Crippen molar-refractivity contribution in [2.24, 2.45) is 0 Å². The molecule has 0 spiro atoms. The van der Waals surface area contributed by atoms with Crippen LogP contribution in [0.4, 0.5) is 0 Å². The van der Waals surface area contributed by atoms with E-state index < -0.39 is 0 Å². The van der Waals surface area contributed by atoms with Gasteiger partial charge in [-0.05, 0) is 13.0 Å². The number of hydrogen-bond donors (Lipinski definition) is 1. The summed E-state index contributed by atoms with van der Waals surface area (Å²) in [4.78, 5) is 19.3. The summed E-state index contributed by atoms with van der Waals surface area (Å²) in [5.74, 6) is 1.97. The van der Waals surface area contributed by atoms with Crippen LogP contribution in [-0.2, 0) is 17.9 Å². The van der Waals surface area contributed by atoms with E-state index in [1.165, 1.54) is 0 Å². The second kappa shape index (κ2) is 6.28. The predicted octanol–water partition coefficient (Wildman–Crippen LogP) is 1.73. The van der Waals surface area contributed by atoms with Crippen LogP contribution < -0.4 is 10.1 Å². The van der Waals surface area contributed by atoms with E-state index in [0.29, 0.717) is 13.2 Å². The van der Waals surface area contributed by atoms with Crippen molar-refractivity contribution in [3.8, 4) is 5.75 Å². The molecule has 2 aliphatic rings. The normalized spacial score (nSPS) is 21.3. The van der Waals surface area contributed by atoms with Gasteiger partial charge in [-0.15, -0.1) is 0 Å². The fourth-order valence-electron chi connectivity index (χ4n) is 3.47. The van der Waals surface area contributed by atoms with Crippen molar-refractivity contribution in [1.82, 2.24) is 19.8 Å². The Kier molecular flexibility index (Phi) is 3.98. The van der Waals surface area contributed by atoms with Gasteiger partial charge in [-0.3, -0.25) is 9.69 Å². The first-order valence-corrected chi connectivity index (χ1v) is 8.48. The number of aromatic nitrogens is 2. The Bertz CT molecular complexity index is 742. The minimum atomic E-state index is -0.176. The highest BCUT2D eigenvalue weighted by molar-refractivity contribution is 5.81. The standard InChI is InChI=1S/C18H22N4O2/c1-13(22-10-9-21-8-7-19-17(21)12-22)18(23)20-15-6-11-24-16-5-3-2-4-14(15)16/h2-5,7-8,13,15H,6,9-12H2,1H3,(H,20,23)/t13-,15+/m0/s1. The number of amides is 1. The Morgan fingerprint density at radius 3 is 3.17 bits per heavy atom. The van der Waals surface area contributed by atoms with E-state index in [1.54, 1.807) is 0 Å². The van der Waals surface area contributed by atoms with Crippen molar-refractivity contribution in [2.75, 3.05) is 13.2 Å². The number of imidazole rings is 1. The number of para-hydroxylation sites is 1. The molecule has 1 aromatic carbocycles. The second-order valence-corrected chi connectivity index (χ2v) is 6.42. The fourth-order valence-corrected chi connectivity index (χ4v) is 3.47. The molecule has 126 valence electrons. The third-order valence-electron chi connectivity index (χ3n) is 4.98. The minimum Gasteiger partial charge on any atom is -0.493 e. The van der Waals surface area contributed by atoms with Gasteiger partial charge in [-0.25, -0.2) is 4.98 Å². The van der Waals surface area contributed by atoms with Crippen LogP contribution in [0.1, 0.15) is 30.8 Å². The van der Waals surface area contributed by atoms with Crippen LogP contribution in [-0.4, -0.2) is 39.6 Å². The van der Waals surface area contributed by atoms with Gasteiger partial charge < -0.3 is 14.6 Å². The zero-order chi connectivity index (χ0) is 16.5. The second-order valence-electron chi connectivity index (χ2n) is 6.42. The Hall–Kier alpha value is -2.34. The molecule has 2 aromatic rings. The molecule has 6 nitrogen and oxygen atoms in total. The number of carbonyl (C=O) groups is 1. The van der Waals surface area contributed by atoms with E-state index in [9.17, 15) is 4.79 Å². The lowest BCUT2D eigenvalue weighted by molar-refractivity contribution is -0.127. The molecule has 4 rings (SSSR count). The molecule has 0 bridgehead atoms. The van der Waals surface area contributed by atoms with Crippen LogP contribution in [0.15, 0.2) is 36.7 Å². The van der Waals surface area contributed by atoms with E-state index in [0.717, 1.165) is 36.6 Å². The monoisotopic (exact) mass is 326 g/mol. The van der Waals surface area contributed by atoms with Gasteiger partial charge in [0.2, 0.25) is 5.91 Å². The first-order valence-electron chi connectivity index (χ1n) is 8.48. The summed E-state index contributed by atoms with van der Waals surface area (Å²) < 4.78 is 7.82. The smallest absolute Gasteiger partial charge is 0.237 e. The molecule has 0 saturated heterocycles. The lowest BCUT2D eigenvalue weighted by atomic mass is 10.00. The maximum absolute atomic E-state index is 12.7. The van der Waals surface area contributed by atoms with Crippen molar-refractivity contribution >= 4 is 5.91 Å². The average Bonchev–Trinajstić information content (AvgIpc) is 3.09. The van der Waals surface area contributed by atoms with E-state index >= 15 is 0 Å². The molecule has 1 amide bonds. The Morgan fingerprint density at radius 2 is 2.25 bits per heavy atom. The highest BCUT2D eigenvalue weighted by atomic mass is 16.5. The Morgan fingerprint density at radius 1 is 1.38 bits per heavy atom. The molecule has 2 atom stereocenters. The third-order valence-corrected chi connectivity index (χ3v) is 4.98. The molecule has 3 heterocycles. The summed E-state index contributed by atoms with van der Waals surface area (Å²) in [6.45, 7) is 5.07. The van der Waals surface area contributed by atoms with Crippen LogP contribution in [0.5, 0.6) is 5.75 Å². The van der Waals surface area contributed by atoms with Gasteiger partial charge in [0.1, 0.15) is 11.6 Å². The molecule has 1 N–H and O–H groups in total. The van der Waals surface area contributed by atoms with Gasteiger partial charge in [-0.2, -0.15) is 0 Å². The molecule has 0 radical (unpaired) electrons. The largest absolute Gasteiger partial charge is 0.493 e. The third kappa shape index (κ3) is 2.78. The summed E-state index contributed by atoms with van der Waals surface area (Å²) in [5, 5.41) is 3.20. The molecule has 1 aromatic heterocycles. The summed E-state index contributed by atoms with van der Waals surface area (Å²) in [7, 11) is 0. The fraction of sp³-hybridized carbons (Fsp3) is 0.444. The van der Waals surface area contributed by atoms with Crippen molar-refractivity contribution in [3.05, 3.63) is 48.0 Å². The number of rotatable bonds is 3. The van der Waals surface area contributed by atoms with Crippen LogP contribution in [0, 0.1) is 0 Å². The van der Waals surface area contributed by atoms with E-state index in [-0.39, 0.29) is 18.0 Å². The summed E-state index contributed by atoms with van der Waals surface area (Å²) in [6, 6.07) is 7.79. The minimum absolute atomic E-state index is 0.0247. The molecule has 6 heteroatoms. The van der Waals surface area contributed by atoms with Gasteiger partial charge in [-0.1, -0.05) is 18.2 Å². The number of nitrogens with one attached hydrogen (secondary N) is 1. The van der Waals surface area contributed by atoms with E-state index in [2.05, 4.69) is 19.8 Å². The Labute approximate surface area is 141 Å². The zero-order valence-corrected chi connectivity index (χ0v) is 13.8. The van der Waals surface area contributed by atoms with Crippen LogP contribution in [0.2, 0.25) is 0 Å². The summed E-state index contributed by atoms with van der Waals surface area (Å²) in [5.41, 5.74) is 1.07. The lowest BCUT2D eigenvalue weighted by Gasteiger charge is -2.33. The number of hydrogen-bond acceptors (Lipinski definition) is 4. The molecule has 24 heavy (non-hydrogen) atoms. The van der Waals surface area contributed by atoms with Gasteiger partial charge in [0.25, 0.3) is 0 Å². The highest BCUT2D eigenvalue weighted by Crippen LogP contribution is 2.31. The van der Waals surface area contributed by atoms with Crippen molar-refractivity contribution in [2.45, 2.75) is 38.5 Å². The number of carbonyl (C=O) groups excluding carboxylic acids is 1. The SMILES string of the molecule is C[C@@H](C(=O)N[C@@H]1CCOc2ccccc21)N1CCn2ccnc2C1. The Balaban J connectivity index is 1.43. The molecular weight excluding hydrogens is 304 g/mol. The average molecular weight is 326 g/mol. The van der Waals surface area contributed by atoms with Crippen molar-refractivity contribution in [1.29, 1.82) is 0 Å². The molecule has 0 unspecified atom stereocenters. The molecule has 0 aliphatic carbocycles. The van der Waals surface area contributed by atoms with Crippen molar-refractivity contribution in [3.63, 3.8) is 0 Å². The van der Waals surface area contributed by atoms with Gasteiger partial charge in [0.05, 0.1) is 25.2 Å².